The quantitative estimate of drug-likeness (QED) is 0.883. The molecule has 1 heterocycles. The highest BCUT2D eigenvalue weighted by atomic mass is 16.5. The first-order chi connectivity index (χ1) is 11.5. The molecule has 0 aromatic heterocycles. The molecule has 1 N–H and O–H groups in total. The number of rotatable bonds is 3. The van der Waals surface area contributed by atoms with Crippen LogP contribution in [-0.4, -0.2) is 24.5 Å². The molecule has 0 saturated heterocycles. The van der Waals surface area contributed by atoms with Gasteiger partial charge in [-0.2, -0.15) is 0 Å². The number of fused-ring (bicyclic) bond motifs is 1. The predicted octanol–water partition coefficient (Wildman–Crippen LogP) is 3.00. The molecular formula is C19H20N2O3. The molecule has 5 nitrogen and oxygen atoms in total. The van der Waals surface area contributed by atoms with Crippen molar-refractivity contribution in [2.75, 3.05) is 16.8 Å². The summed E-state index contributed by atoms with van der Waals surface area (Å²) in [7, 11) is 0. The number of carbonyl (C=O) groups excluding carboxylic acids is 2. The van der Waals surface area contributed by atoms with Crippen molar-refractivity contribution in [3.63, 3.8) is 0 Å². The maximum absolute atomic E-state index is 12.4. The van der Waals surface area contributed by atoms with Crippen LogP contribution in [-0.2, 0) is 16.0 Å². The third-order valence-corrected chi connectivity index (χ3v) is 3.81. The molecule has 24 heavy (non-hydrogen) atoms. The molecule has 0 radical (unpaired) electrons. The normalized spacial score (nSPS) is 12.9. The number of ether oxygens (including phenoxy) is 1. The Morgan fingerprint density at radius 3 is 2.50 bits per heavy atom. The van der Waals surface area contributed by atoms with E-state index in [1.54, 1.807) is 24.3 Å². The number of nitrogens with one attached hydrogen (secondary N) is 1. The number of benzene rings is 2. The van der Waals surface area contributed by atoms with Crippen LogP contribution >= 0.6 is 0 Å². The van der Waals surface area contributed by atoms with Gasteiger partial charge in [-0.3, -0.25) is 9.59 Å². The molecule has 0 bridgehead atoms. The molecule has 2 aromatic rings. The predicted molar refractivity (Wildman–Crippen MR) is 93.3 cm³/mol. The van der Waals surface area contributed by atoms with Gasteiger partial charge in [-0.1, -0.05) is 18.2 Å². The van der Waals surface area contributed by atoms with E-state index in [2.05, 4.69) is 5.32 Å². The second-order valence-corrected chi connectivity index (χ2v) is 5.98. The maximum atomic E-state index is 12.4. The largest absolute Gasteiger partial charge is 0.491 e. The number of anilines is 2. The van der Waals surface area contributed by atoms with E-state index in [9.17, 15) is 9.59 Å². The van der Waals surface area contributed by atoms with Crippen LogP contribution in [0.3, 0.4) is 0 Å². The zero-order chi connectivity index (χ0) is 17.1. The summed E-state index contributed by atoms with van der Waals surface area (Å²) in [5.74, 6) is -0.450. The lowest BCUT2D eigenvalue weighted by Crippen LogP contribution is -2.38. The standard InChI is InChI=1S/C19H20N2O3/c1-13(2)24-16-9-7-15(8-10-16)20-18(22)19(23)21-12-11-14-5-3-4-6-17(14)21/h3-10,13H,11-12H2,1-2H3,(H,20,22). The Labute approximate surface area is 141 Å². The first kappa shape index (κ1) is 16.1. The molecule has 1 aliphatic rings. The van der Waals surface area contributed by atoms with Gasteiger partial charge in [0, 0.05) is 17.9 Å². The monoisotopic (exact) mass is 324 g/mol. The SMILES string of the molecule is CC(C)Oc1ccc(NC(=O)C(=O)N2CCc3ccccc32)cc1. The van der Waals surface area contributed by atoms with E-state index in [0.29, 0.717) is 12.2 Å². The molecule has 3 rings (SSSR count). The molecule has 0 fully saturated rings. The lowest BCUT2D eigenvalue weighted by molar-refractivity contribution is -0.134. The highest BCUT2D eigenvalue weighted by Crippen LogP contribution is 2.27. The van der Waals surface area contributed by atoms with Crippen LogP contribution < -0.4 is 15.0 Å². The zero-order valence-electron chi connectivity index (χ0n) is 13.8. The first-order valence-corrected chi connectivity index (χ1v) is 8.02. The molecule has 5 heteroatoms. The molecule has 2 amide bonds. The van der Waals surface area contributed by atoms with Crippen LogP contribution in [0, 0.1) is 0 Å². The highest BCUT2D eigenvalue weighted by molar-refractivity contribution is 6.44. The van der Waals surface area contributed by atoms with Crippen LogP contribution in [0.4, 0.5) is 11.4 Å². The molecule has 1 aliphatic heterocycles. The van der Waals surface area contributed by atoms with E-state index in [0.717, 1.165) is 23.4 Å². The molecule has 0 atom stereocenters. The lowest BCUT2D eigenvalue weighted by Gasteiger charge is -2.17. The topological polar surface area (TPSA) is 58.6 Å². The fraction of sp³-hybridized carbons (Fsp3) is 0.263. The average molecular weight is 324 g/mol. The summed E-state index contributed by atoms with van der Waals surface area (Å²) in [6.07, 6.45) is 0.860. The molecule has 0 spiro atoms. The number of nitrogens with zero attached hydrogens (tertiary/aromatic N) is 1. The van der Waals surface area contributed by atoms with E-state index in [4.69, 9.17) is 4.74 Å². The Hall–Kier alpha value is -2.82. The third-order valence-electron chi connectivity index (χ3n) is 3.81. The minimum absolute atomic E-state index is 0.0854. The molecule has 0 aliphatic carbocycles. The second kappa shape index (κ2) is 6.74. The van der Waals surface area contributed by atoms with Gasteiger partial charge < -0.3 is 15.0 Å². The van der Waals surface area contributed by atoms with Crippen molar-refractivity contribution in [2.24, 2.45) is 0 Å². The summed E-state index contributed by atoms with van der Waals surface area (Å²) < 4.78 is 5.55. The van der Waals surface area contributed by atoms with Gasteiger partial charge >= 0.3 is 11.8 Å². The molecule has 0 saturated carbocycles. The van der Waals surface area contributed by atoms with E-state index < -0.39 is 11.8 Å². The lowest BCUT2D eigenvalue weighted by atomic mass is 10.2. The van der Waals surface area contributed by atoms with E-state index in [-0.39, 0.29) is 6.10 Å². The van der Waals surface area contributed by atoms with Gasteiger partial charge in [0.05, 0.1) is 6.10 Å². The van der Waals surface area contributed by atoms with Crippen molar-refractivity contribution in [1.29, 1.82) is 0 Å². The Morgan fingerprint density at radius 1 is 1.08 bits per heavy atom. The van der Waals surface area contributed by atoms with Gasteiger partial charge in [-0.05, 0) is 56.2 Å². The average Bonchev–Trinajstić information content (AvgIpc) is 2.99. The molecular weight excluding hydrogens is 304 g/mol. The van der Waals surface area contributed by atoms with Crippen molar-refractivity contribution in [1.82, 2.24) is 0 Å². The maximum Gasteiger partial charge on any atom is 0.316 e. The number of para-hydroxylation sites is 1. The third kappa shape index (κ3) is 3.40. The van der Waals surface area contributed by atoms with E-state index in [1.165, 1.54) is 4.90 Å². The van der Waals surface area contributed by atoms with Crippen LogP contribution in [0.15, 0.2) is 48.5 Å². The molecule has 0 unspecified atom stereocenters. The summed E-state index contributed by atoms with van der Waals surface area (Å²) >= 11 is 0. The smallest absolute Gasteiger partial charge is 0.316 e. The summed E-state index contributed by atoms with van der Waals surface area (Å²) in [6.45, 7) is 4.43. The fourth-order valence-electron chi connectivity index (χ4n) is 2.75. The minimum atomic E-state index is -0.635. The van der Waals surface area contributed by atoms with Gasteiger partial charge in [0.25, 0.3) is 0 Å². The summed E-state index contributed by atoms with van der Waals surface area (Å²) in [5.41, 5.74) is 2.48. The Bertz CT molecular complexity index is 753. The van der Waals surface area contributed by atoms with Gasteiger partial charge in [0.2, 0.25) is 0 Å². The van der Waals surface area contributed by atoms with Gasteiger partial charge in [-0.15, -0.1) is 0 Å². The Morgan fingerprint density at radius 2 is 1.79 bits per heavy atom. The Kier molecular flexibility index (Phi) is 4.51. The zero-order valence-corrected chi connectivity index (χ0v) is 13.8. The number of carbonyl (C=O) groups is 2. The second-order valence-electron chi connectivity index (χ2n) is 5.98. The van der Waals surface area contributed by atoms with Crippen molar-refractivity contribution in [3.05, 3.63) is 54.1 Å². The van der Waals surface area contributed by atoms with E-state index >= 15 is 0 Å². The van der Waals surface area contributed by atoms with Crippen LogP contribution in [0.5, 0.6) is 5.75 Å². The molecule has 2 aromatic carbocycles. The molecule has 124 valence electrons. The summed E-state index contributed by atoms with van der Waals surface area (Å²) in [6, 6.07) is 14.6. The summed E-state index contributed by atoms with van der Waals surface area (Å²) in [4.78, 5) is 26.2. The van der Waals surface area contributed by atoms with Gasteiger partial charge in [-0.25, -0.2) is 0 Å². The van der Waals surface area contributed by atoms with Crippen molar-refractivity contribution in [3.8, 4) is 5.75 Å². The van der Waals surface area contributed by atoms with Crippen molar-refractivity contribution in [2.45, 2.75) is 26.4 Å². The minimum Gasteiger partial charge on any atom is -0.491 e. The fourth-order valence-corrected chi connectivity index (χ4v) is 2.75. The Balaban J connectivity index is 1.66. The van der Waals surface area contributed by atoms with Crippen LogP contribution in [0.2, 0.25) is 0 Å². The summed E-state index contributed by atoms with van der Waals surface area (Å²) in [5, 5.41) is 2.64. The number of amides is 2. The number of hydrogen-bond acceptors (Lipinski definition) is 3. The van der Waals surface area contributed by atoms with Crippen LogP contribution in [0.1, 0.15) is 19.4 Å². The van der Waals surface area contributed by atoms with Gasteiger partial charge in [0.1, 0.15) is 5.75 Å². The van der Waals surface area contributed by atoms with Crippen molar-refractivity contribution >= 4 is 23.2 Å². The highest BCUT2D eigenvalue weighted by Gasteiger charge is 2.28. The first-order valence-electron chi connectivity index (χ1n) is 8.02. The van der Waals surface area contributed by atoms with E-state index in [1.807, 2.05) is 38.1 Å². The van der Waals surface area contributed by atoms with Crippen molar-refractivity contribution < 1.29 is 14.3 Å². The van der Waals surface area contributed by atoms with Gasteiger partial charge in [0.15, 0.2) is 0 Å². The number of hydrogen-bond donors (Lipinski definition) is 1. The van der Waals surface area contributed by atoms with Crippen LogP contribution in [0.25, 0.3) is 0 Å².